The van der Waals surface area contributed by atoms with Crippen molar-refractivity contribution in [3.63, 3.8) is 0 Å². The van der Waals surface area contributed by atoms with Gasteiger partial charge < -0.3 is 0 Å². The SMILES string of the molecule is c1ccc2cc(-c3nc4ccc(-c5nc(-c6ccc(-c7ccc8ccccc8n7)cc6)cc(-c6ccc(-c7ccc8ccccc8n7)cc6)n5)cc4c4c3ccc3ccccc34)ccc2c1. The van der Waals surface area contributed by atoms with Crippen molar-refractivity contribution < 1.29 is 0 Å². The summed E-state index contributed by atoms with van der Waals surface area (Å²) in [6, 6.07) is 78.7. The molecule has 0 saturated carbocycles. The van der Waals surface area contributed by atoms with Crippen LogP contribution in [0, 0.1) is 0 Å². The van der Waals surface area contributed by atoms with E-state index in [0.717, 1.165) is 105 Å². The topological polar surface area (TPSA) is 64.5 Å². The molecule has 0 aliphatic rings. The highest BCUT2D eigenvalue weighted by Crippen LogP contribution is 2.40. The fraction of sp³-hybridized carbons (Fsp3) is 0. The number of benzene rings is 9. The van der Waals surface area contributed by atoms with Gasteiger partial charge in [-0.25, -0.2) is 24.9 Å². The first-order valence-corrected chi connectivity index (χ1v) is 22.2. The molecule has 4 heterocycles. The van der Waals surface area contributed by atoms with E-state index in [1.165, 1.54) is 21.5 Å². The van der Waals surface area contributed by atoms with Crippen molar-refractivity contribution in [2.45, 2.75) is 0 Å². The third-order valence-corrected chi connectivity index (χ3v) is 12.8. The molecule has 9 aromatic carbocycles. The van der Waals surface area contributed by atoms with Crippen molar-refractivity contribution in [1.29, 1.82) is 0 Å². The summed E-state index contributed by atoms with van der Waals surface area (Å²) in [6.45, 7) is 0. The van der Waals surface area contributed by atoms with Gasteiger partial charge in [-0.2, -0.15) is 0 Å². The highest BCUT2D eigenvalue weighted by atomic mass is 14.9. The van der Waals surface area contributed by atoms with Crippen molar-refractivity contribution in [3.05, 3.63) is 224 Å². The van der Waals surface area contributed by atoms with Crippen molar-refractivity contribution in [1.82, 2.24) is 24.9 Å². The first-order chi connectivity index (χ1) is 32.6. The lowest BCUT2D eigenvalue weighted by molar-refractivity contribution is 1.18. The fourth-order valence-corrected chi connectivity index (χ4v) is 9.42. The molecule has 0 unspecified atom stereocenters. The van der Waals surface area contributed by atoms with Crippen molar-refractivity contribution in [2.24, 2.45) is 0 Å². The van der Waals surface area contributed by atoms with Crippen LogP contribution in [0.25, 0.3) is 133 Å². The van der Waals surface area contributed by atoms with Crippen LogP contribution >= 0.6 is 0 Å². The number of fused-ring (bicyclic) bond motifs is 8. The highest BCUT2D eigenvalue weighted by molar-refractivity contribution is 6.23. The maximum atomic E-state index is 5.40. The number of para-hydroxylation sites is 2. The van der Waals surface area contributed by atoms with Crippen LogP contribution < -0.4 is 0 Å². The Hall–Kier alpha value is -8.93. The van der Waals surface area contributed by atoms with Crippen LogP contribution in [0.5, 0.6) is 0 Å². The van der Waals surface area contributed by atoms with Gasteiger partial charge in [0.15, 0.2) is 5.82 Å². The van der Waals surface area contributed by atoms with E-state index in [-0.39, 0.29) is 0 Å². The lowest BCUT2D eigenvalue weighted by Crippen LogP contribution is -1.97. The summed E-state index contributed by atoms with van der Waals surface area (Å²) in [5.74, 6) is 0.636. The highest BCUT2D eigenvalue weighted by Gasteiger charge is 2.17. The van der Waals surface area contributed by atoms with Crippen LogP contribution in [0.2, 0.25) is 0 Å². The van der Waals surface area contributed by atoms with Crippen molar-refractivity contribution in [3.8, 4) is 67.7 Å². The summed E-state index contributed by atoms with van der Waals surface area (Å²) in [4.78, 5) is 26.0. The quantitative estimate of drug-likeness (QED) is 0.156. The molecule has 0 spiro atoms. The summed E-state index contributed by atoms with van der Waals surface area (Å²) in [7, 11) is 0. The molecule has 0 saturated heterocycles. The van der Waals surface area contributed by atoms with Gasteiger partial charge in [0.25, 0.3) is 0 Å². The molecule has 0 aliphatic heterocycles. The van der Waals surface area contributed by atoms with E-state index in [1.54, 1.807) is 0 Å². The van der Waals surface area contributed by atoms with E-state index in [4.69, 9.17) is 24.9 Å². The monoisotopic (exact) mass is 839 g/mol. The van der Waals surface area contributed by atoms with E-state index in [9.17, 15) is 0 Å². The second kappa shape index (κ2) is 15.4. The lowest BCUT2D eigenvalue weighted by Gasteiger charge is -2.15. The molecule has 66 heavy (non-hydrogen) atoms. The predicted octanol–water partition coefficient (Wildman–Crippen LogP) is 15.6. The molecule has 306 valence electrons. The van der Waals surface area contributed by atoms with Gasteiger partial charge in [-0.05, 0) is 76.1 Å². The van der Waals surface area contributed by atoms with Gasteiger partial charge in [-0.1, -0.05) is 170 Å². The van der Waals surface area contributed by atoms with Crippen molar-refractivity contribution >= 4 is 65.0 Å². The average molecular weight is 840 g/mol. The van der Waals surface area contributed by atoms with E-state index in [2.05, 4.69) is 200 Å². The van der Waals surface area contributed by atoms with Crippen LogP contribution in [0.1, 0.15) is 0 Å². The molecule has 0 aliphatic carbocycles. The Morgan fingerprint density at radius 3 is 1.35 bits per heavy atom. The molecule has 5 heteroatoms. The summed E-state index contributed by atoms with van der Waals surface area (Å²) >= 11 is 0. The minimum absolute atomic E-state index is 0.636. The van der Waals surface area contributed by atoms with Crippen LogP contribution in [0.15, 0.2) is 224 Å². The second-order valence-electron chi connectivity index (χ2n) is 16.9. The van der Waals surface area contributed by atoms with Gasteiger partial charge in [-0.3, -0.25) is 0 Å². The molecule has 13 aromatic rings. The number of hydrogen-bond acceptors (Lipinski definition) is 5. The van der Waals surface area contributed by atoms with Gasteiger partial charge >= 0.3 is 0 Å². The largest absolute Gasteiger partial charge is 0.248 e. The minimum atomic E-state index is 0.636. The molecule has 0 amide bonds. The Morgan fingerprint density at radius 2 is 0.712 bits per heavy atom. The Kier molecular flexibility index (Phi) is 8.78. The summed E-state index contributed by atoms with van der Waals surface area (Å²) < 4.78 is 0. The zero-order valence-corrected chi connectivity index (χ0v) is 35.6. The van der Waals surface area contributed by atoms with Gasteiger partial charge in [0.1, 0.15) is 0 Å². The minimum Gasteiger partial charge on any atom is -0.248 e. The molecule has 0 bridgehead atoms. The summed E-state index contributed by atoms with van der Waals surface area (Å²) in [5, 5.41) is 10.3. The van der Waals surface area contributed by atoms with Gasteiger partial charge in [0.05, 0.1) is 45.0 Å². The number of pyridine rings is 3. The third-order valence-electron chi connectivity index (χ3n) is 12.8. The summed E-state index contributed by atoms with van der Waals surface area (Å²) in [6.07, 6.45) is 0. The number of aromatic nitrogens is 5. The van der Waals surface area contributed by atoms with E-state index in [0.29, 0.717) is 5.82 Å². The molecular formula is C61H37N5. The molecule has 0 fully saturated rings. The zero-order valence-electron chi connectivity index (χ0n) is 35.6. The molecule has 0 N–H and O–H groups in total. The lowest BCUT2D eigenvalue weighted by atomic mass is 9.93. The summed E-state index contributed by atoms with van der Waals surface area (Å²) in [5.41, 5.74) is 13.4. The van der Waals surface area contributed by atoms with Crippen molar-refractivity contribution in [2.75, 3.05) is 0 Å². The molecule has 13 rings (SSSR count). The maximum Gasteiger partial charge on any atom is 0.160 e. The molecule has 0 atom stereocenters. The number of rotatable bonds is 6. The third kappa shape index (κ3) is 6.61. The standard InChI is InChI=1S/C61H37N5/c1-2-13-46-35-47(26-17-38(46)9-1)60-50-31-27-39-10-3-6-14-49(39)59(50)51-36-48(30-34-56(51)64-60)61-65-57(44-22-18-42(19-23-44)54-32-28-40-11-4-7-15-52(40)62-54)37-58(66-61)45-24-20-43(21-25-45)55-33-29-41-12-5-8-16-53(41)63-55/h1-37H. The van der Waals surface area contributed by atoms with Gasteiger partial charge in [-0.15, -0.1) is 0 Å². The first kappa shape index (κ1) is 37.6. The molecule has 0 radical (unpaired) electrons. The van der Waals surface area contributed by atoms with Gasteiger partial charge in [0.2, 0.25) is 0 Å². The zero-order chi connectivity index (χ0) is 43.6. The first-order valence-electron chi connectivity index (χ1n) is 22.2. The van der Waals surface area contributed by atoms with E-state index < -0.39 is 0 Å². The number of nitrogens with zero attached hydrogens (tertiary/aromatic N) is 5. The molecule has 5 nitrogen and oxygen atoms in total. The Morgan fingerprint density at radius 1 is 0.227 bits per heavy atom. The Labute approximate surface area is 380 Å². The number of hydrogen-bond donors (Lipinski definition) is 0. The Bertz CT molecular complexity index is 3910. The predicted molar refractivity (Wildman–Crippen MR) is 273 cm³/mol. The second-order valence-corrected chi connectivity index (χ2v) is 16.9. The molecular weight excluding hydrogens is 803 g/mol. The van der Waals surface area contributed by atoms with Crippen LogP contribution in [-0.4, -0.2) is 24.9 Å². The fourth-order valence-electron chi connectivity index (χ4n) is 9.42. The Balaban J connectivity index is 0.963. The normalized spacial score (nSPS) is 11.6. The molecule has 4 aromatic heterocycles. The van der Waals surface area contributed by atoms with Gasteiger partial charge in [0, 0.05) is 60.3 Å². The van der Waals surface area contributed by atoms with Crippen LogP contribution in [0.4, 0.5) is 0 Å². The van der Waals surface area contributed by atoms with E-state index >= 15 is 0 Å². The average Bonchev–Trinajstić information content (AvgIpc) is 3.40. The van der Waals surface area contributed by atoms with E-state index in [1.807, 2.05) is 24.3 Å². The van der Waals surface area contributed by atoms with Crippen LogP contribution in [0.3, 0.4) is 0 Å². The maximum absolute atomic E-state index is 5.40. The smallest absolute Gasteiger partial charge is 0.160 e. The van der Waals surface area contributed by atoms with Crippen LogP contribution in [-0.2, 0) is 0 Å².